The third-order valence-electron chi connectivity index (χ3n) is 4.92. The van der Waals surface area contributed by atoms with Gasteiger partial charge in [0.25, 0.3) is 0 Å². The van der Waals surface area contributed by atoms with Crippen LogP contribution in [-0.2, 0) is 16.8 Å². The number of hydrogen-bond acceptors (Lipinski definition) is 4. The summed E-state index contributed by atoms with van der Waals surface area (Å²) < 4.78 is 5.39. The molecule has 2 fully saturated rings. The van der Waals surface area contributed by atoms with Crippen molar-refractivity contribution in [1.82, 2.24) is 10.3 Å². The van der Waals surface area contributed by atoms with Crippen molar-refractivity contribution in [1.29, 1.82) is 0 Å². The molecule has 5 heteroatoms. The Morgan fingerprint density at radius 3 is 2.46 bits per heavy atom. The SMILES string of the molecule is Clc1ccc(C2(NCc3ccc(N4CCOCC4)nc3)CC2)cc1. The predicted molar refractivity (Wildman–Crippen MR) is 96.5 cm³/mol. The number of rotatable bonds is 5. The van der Waals surface area contributed by atoms with E-state index in [2.05, 4.69) is 39.5 Å². The highest BCUT2D eigenvalue weighted by atomic mass is 35.5. The molecule has 4 nitrogen and oxygen atoms in total. The number of anilines is 1. The molecule has 0 radical (unpaired) electrons. The molecular formula is C19H22ClN3O. The molecule has 2 aliphatic rings. The lowest BCUT2D eigenvalue weighted by molar-refractivity contribution is 0.122. The minimum absolute atomic E-state index is 0.119. The number of hydrogen-bond donors (Lipinski definition) is 1. The first-order valence-corrected chi connectivity index (χ1v) is 8.92. The summed E-state index contributed by atoms with van der Waals surface area (Å²) in [5.41, 5.74) is 2.66. The molecule has 0 atom stereocenters. The second kappa shape index (κ2) is 6.71. The van der Waals surface area contributed by atoms with Crippen LogP contribution in [0.5, 0.6) is 0 Å². The zero-order valence-electron chi connectivity index (χ0n) is 13.7. The lowest BCUT2D eigenvalue weighted by Crippen LogP contribution is -2.36. The van der Waals surface area contributed by atoms with Gasteiger partial charge >= 0.3 is 0 Å². The fourth-order valence-corrected chi connectivity index (χ4v) is 3.36. The van der Waals surface area contributed by atoms with Gasteiger partial charge in [-0.3, -0.25) is 0 Å². The molecule has 1 aliphatic carbocycles. The van der Waals surface area contributed by atoms with Crippen LogP contribution in [-0.4, -0.2) is 31.3 Å². The number of ether oxygens (including phenoxy) is 1. The fourth-order valence-electron chi connectivity index (χ4n) is 3.23. The van der Waals surface area contributed by atoms with Gasteiger partial charge in [0.05, 0.1) is 13.2 Å². The van der Waals surface area contributed by atoms with Crippen molar-refractivity contribution in [2.24, 2.45) is 0 Å². The standard InChI is InChI=1S/C19H22ClN3O/c20-17-4-2-16(3-5-17)19(7-8-19)22-14-15-1-6-18(21-13-15)23-9-11-24-12-10-23/h1-6,13,22H,7-12,14H2. The number of nitrogens with zero attached hydrogens (tertiary/aromatic N) is 2. The molecule has 1 saturated carbocycles. The van der Waals surface area contributed by atoms with E-state index in [1.54, 1.807) is 0 Å². The summed E-state index contributed by atoms with van der Waals surface area (Å²) in [6.07, 6.45) is 4.33. The Morgan fingerprint density at radius 1 is 1.08 bits per heavy atom. The highest BCUT2D eigenvalue weighted by molar-refractivity contribution is 6.30. The Kier molecular flexibility index (Phi) is 4.44. The molecule has 4 rings (SSSR count). The van der Waals surface area contributed by atoms with Crippen LogP contribution in [0.4, 0.5) is 5.82 Å². The molecule has 0 amide bonds. The zero-order valence-corrected chi connectivity index (χ0v) is 14.4. The highest BCUT2D eigenvalue weighted by Gasteiger charge is 2.43. The molecule has 1 N–H and O–H groups in total. The summed E-state index contributed by atoms with van der Waals surface area (Å²) in [5, 5.41) is 4.49. The lowest BCUT2D eigenvalue weighted by Gasteiger charge is -2.27. The Labute approximate surface area is 147 Å². The van der Waals surface area contributed by atoms with Gasteiger partial charge in [0.1, 0.15) is 5.82 Å². The minimum Gasteiger partial charge on any atom is -0.378 e. The maximum Gasteiger partial charge on any atom is 0.128 e. The summed E-state index contributed by atoms with van der Waals surface area (Å²) in [6.45, 7) is 4.25. The van der Waals surface area contributed by atoms with Gasteiger partial charge < -0.3 is 15.0 Å². The molecule has 1 aliphatic heterocycles. The predicted octanol–water partition coefficient (Wildman–Crippen LogP) is 3.35. The molecule has 2 aromatic rings. The monoisotopic (exact) mass is 343 g/mol. The third kappa shape index (κ3) is 3.41. The number of nitrogens with one attached hydrogen (secondary N) is 1. The Hall–Kier alpha value is -1.62. The second-order valence-corrected chi connectivity index (χ2v) is 7.00. The van der Waals surface area contributed by atoms with Gasteiger partial charge in [-0.1, -0.05) is 29.8 Å². The number of halogens is 1. The number of pyridine rings is 1. The smallest absolute Gasteiger partial charge is 0.128 e. The van der Waals surface area contributed by atoms with E-state index in [1.165, 1.54) is 24.0 Å². The van der Waals surface area contributed by atoms with Crippen molar-refractivity contribution in [2.75, 3.05) is 31.2 Å². The van der Waals surface area contributed by atoms with E-state index in [-0.39, 0.29) is 5.54 Å². The molecule has 126 valence electrons. The first kappa shape index (κ1) is 15.9. The van der Waals surface area contributed by atoms with Crippen molar-refractivity contribution < 1.29 is 4.74 Å². The van der Waals surface area contributed by atoms with Gasteiger partial charge in [-0.15, -0.1) is 0 Å². The third-order valence-corrected chi connectivity index (χ3v) is 5.17. The molecule has 0 unspecified atom stereocenters. The van der Waals surface area contributed by atoms with Crippen LogP contribution < -0.4 is 10.2 Å². The average molecular weight is 344 g/mol. The van der Waals surface area contributed by atoms with Crippen molar-refractivity contribution in [3.05, 3.63) is 58.7 Å². The van der Waals surface area contributed by atoms with Gasteiger partial charge in [0.15, 0.2) is 0 Å². The average Bonchev–Trinajstić information content (AvgIpc) is 3.43. The molecule has 2 heterocycles. The van der Waals surface area contributed by atoms with Crippen LogP contribution in [0, 0.1) is 0 Å². The first-order valence-electron chi connectivity index (χ1n) is 8.54. The van der Waals surface area contributed by atoms with E-state index in [0.717, 1.165) is 43.7 Å². The highest BCUT2D eigenvalue weighted by Crippen LogP contribution is 2.45. The van der Waals surface area contributed by atoms with E-state index in [0.29, 0.717) is 0 Å². The van der Waals surface area contributed by atoms with Crippen LogP contribution in [0.1, 0.15) is 24.0 Å². The fraction of sp³-hybridized carbons (Fsp3) is 0.421. The van der Waals surface area contributed by atoms with Crippen molar-refractivity contribution >= 4 is 17.4 Å². The summed E-state index contributed by atoms with van der Waals surface area (Å²) in [4.78, 5) is 6.90. The van der Waals surface area contributed by atoms with E-state index >= 15 is 0 Å². The van der Waals surface area contributed by atoms with Gasteiger partial charge in [-0.05, 0) is 42.2 Å². The van der Waals surface area contributed by atoms with Gasteiger partial charge in [0, 0.05) is 36.4 Å². The molecule has 0 spiro atoms. The summed E-state index contributed by atoms with van der Waals surface area (Å²) in [5.74, 6) is 1.04. The van der Waals surface area contributed by atoms with Crippen molar-refractivity contribution in [3.8, 4) is 0 Å². The van der Waals surface area contributed by atoms with Gasteiger partial charge in [0.2, 0.25) is 0 Å². The van der Waals surface area contributed by atoms with Crippen LogP contribution in [0.15, 0.2) is 42.6 Å². The van der Waals surface area contributed by atoms with Crippen LogP contribution in [0.3, 0.4) is 0 Å². The Balaban J connectivity index is 1.38. The van der Waals surface area contributed by atoms with Gasteiger partial charge in [-0.2, -0.15) is 0 Å². The number of benzene rings is 1. The zero-order chi connectivity index (χ0) is 16.4. The minimum atomic E-state index is 0.119. The normalized spacial score (nSPS) is 19.3. The second-order valence-electron chi connectivity index (χ2n) is 6.57. The van der Waals surface area contributed by atoms with E-state index in [4.69, 9.17) is 16.3 Å². The molecule has 24 heavy (non-hydrogen) atoms. The van der Waals surface area contributed by atoms with Crippen molar-refractivity contribution in [3.63, 3.8) is 0 Å². The van der Waals surface area contributed by atoms with E-state index in [1.807, 2.05) is 18.3 Å². The quantitative estimate of drug-likeness (QED) is 0.903. The molecular weight excluding hydrogens is 322 g/mol. The van der Waals surface area contributed by atoms with E-state index in [9.17, 15) is 0 Å². The molecule has 1 aromatic heterocycles. The van der Waals surface area contributed by atoms with Crippen LogP contribution >= 0.6 is 11.6 Å². The van der Waals surface area contributed by atoms with Gasteiger partial charge in [-0.25, -0.2) is 4.98 Å². The Bertz CT molecular complexity index is 677. The number of morpholine rings is 1. The van der Waals surface area contributed by atoms with E-state index < -0.39 is 0 Å². The molecule has 1 saturated heterocycles. The lowest BCUT2D eigenvalue weighted by atomic mass is 10.0. The maximum atomic E-state index is 5.99. The van der Waals surface area contributed by atoms with Crippen LogP contribution in [0.25, 0.3) is 0 Å². The Morgan fingerprint density at radius 2 is 1.83 bits per heavy atom. The summed E-state index contributed by atoms with van der Waals surface area (Å²) >= 11 is 5.99. The van der Waals surface area contributed by atoms with Crippen molar-refractivity contribution in [2.45, 2.75) is 24.9 Å². The molecule has 0 bridgehead atoms. The summed E-state index contributed by atoms with van der Waals surface area (Å²) in [6, 6.07) is 12.5. The molecule has 1 aromatic carbocycles. The van der Waals surface area contributed by atoms with Crippen LogP contribution in [0.2, 0.25) is 5.02 Å². The first-order chi connectivity index (χ1) is 11.8. The number of aromatic nitrogens is 1. The maximum absolute atomic E-state index is 5.99. The largest absolute Gasteiger partial charge is 0.378 e. The topological polar surface area (TPSA) is 37.4 Å². The summed E-state index contributed by atoms with van der Waals surface area (Å²) in [7, 11) is 0.